The fourth-order valence-electron chi connectivity index (χ4n) is 1.57. The van der Waals surface area contributed by atoms with Crippen LogP contribution in [0.5, 0.6) is 0 Å². The van der Waals surface area contributed by atoms with Gasteiger partial charge in [0.25, 0.3) is 0 Å². The van der Waals surface area contributed by atoms with Gasteiger partial charge in [-0.25, -0.2) is 0 Å². The molecule has 0 unspecified atom stereocenters. The molecule has 88 valence electrons. The lowest BCUT2D eigenvalue weighted by Gasteiger charge is -2.02. The molecule has 2 rings (SSSR count). The molecule has 0 aliphatic carbocycles. The fourth-order valence-corrected chi connectivity index (χ4v) is 1.57. The van der Waals surface area contributed by atoms with Gasteiger partial charge in [-0.3, -0.25) is 4.68 Å². The van der Waals surface area contributed by atoms with Gasteiger partial charge in [0.15, 0.2) is 0 Å². The summed E-state index contributed by atoms with van der Waals surface area (Å²) < 4.78 is 7.11. The summed E-state index contributed by atoms with van der Waals surface area (Å²) in [6, 6.07) is 5.44. The van der Waals surface area contributed by atoms with Crippen LogP contribution < -0.4 is 5.32 Å². The quantitative estimate of drug-likeness (QED) is 0.864. The van der Waals surface area contributed by atoms with Gasteiger partial charge in [-0.05, 0) is 19.1 Å². The maximum Gasteiger partial charge on any atom is 0.203 e. The molecule has 2 aromatic heterocycles. The Morgan fingerprint density at radius 1 is 1.47 bits per heavy atom. The Morgan fingerprint density at radius 2 is 2.29 bits per heavy atom. The number of nitriles is 1. The first kappa shape index (κ1) is 11.4. The second-order valence-corrected chi connectivity index (χ2v) is 3.86. The lowest BCUT2D eigenvalue weighted by molar-refractivity contribution is 0.473. The molecule has 1 N–H and O–H groups in total. The topological polar surface area (TPSA) is 66.8 Å². The lowest BCUT2D eigenvalue weighted by atomic mass is 10.2. The monoisotopic (exact) mass is 230 g/mol. The van der Waals surface area contributed by atoms with Crippen molar-refractivity contribution in [3.05, 3.63) is 41.1 Å². The molecule has 0 bridgehead atoms. The van der Waals surface area contributed by atoms with Crippen LogP contribution in [-0.4, -0.2) is 9.78 Å². The molecule has 0 radical (unpaired) electrons. The number of hydrogen-bond acceptors (Lipinski definition) is 4. The van der Waals surface area contributed by atoms with E-state index in [-0.39, 0.29) is 0 Å². The van der Waals surface area contributed by atoms with Crippen molar-refractivity contribution in [2.45, 2.75) is 20.0 Å². The van der Waals surface area contributed by atoms with E-state index in [9.17, 15) is 0 Å². The standard InChI is InChI=1S/C12H14N4O/c1-9-10(7-15-16(9)2)6-14-8-12-4-3-11(5-13)17-12/h3-4,7,14H,6,8H2,1-2H3. The third-order valence-electron chi connectivity index (χ3n) is 2.72. The van der Waals surface area contributed by atoms with Crippen molar-refractivity contribution in [3.63, 3.8) is 0 Å². The zero-order chi connectivity index (χ0) is 12.3. The lowest BCUT2D eigenvalue weighted by Crippen LogP contribution is -2.12. The summed E-state index contributed by atoms with van der Waals surface area (Å²) in [6.07, 6.45) is 1.85. The van der Waals surface area contributed by atoms with Crippen LogP contribution in [0.15, 0.2) is 22.7 Å². The Bertz CT molecular complexity index is 547. The molecule has 5 nitrogen and oxygen atoms in total. The summed E-state index contributed by atoms with van der Waals surface area (Å²) in [5.41, 5.74) is 2.31. The van der Waals surface area contributed by atoms with Crippen LogP contribution in [0.4, 0.5) is 0 Å². The number of nitrogens with one attached hydrogen (secondary N) is 1. The molecule has 0 aliphatic rings. The van der Waals surface area contributed by atoms with E-state index in [2.05, 4.69) is 10.4 Å². The Labute approximate surface area is 99.7 Å². The number of hydrogen-bond donors (Lipinski definition) is 1. The largest absolute Gasteiger partial charge is 0.449 e. The highest BCUT2D eigenvalue weighted by Gasteiger charge is 2.04. The minimum absolute atomic E-state index is 0.347. The van der Waals surface area contributed by atoms with Crippen molar-refractivity contribution in [1.82, 2.24) is 15.1 Å². The van der Waals surface area contributed by atoms with E-state index in [1.54, 1.807) is 6.07 Å². The number of furan rings is 1. The molecule has 0 saturated heterocycles. The molecule has 0 fully saturated rings. The molecule has 0 aliphatic heterocycles. The summed E-state index contributed by atoms with van der Waals surface area (Å²) in [6.45, 7) is 3.38. The predicted molar refractivity (Wildman–Crippen MR) is 61.9 cm³/mol. The first-order valence-corrected chi connectivity index (χ1v) is 5.37. The second kappa shape index (κ2) is 4.85. The van der Waals surface area contributed by atoms with Crippen LogP contribution >= 0.6 is 0 Å². The number of nitrogens with zero attached hydrogens (tertiary/aromatic N) is 3. The van der Waals surface area contributed by atoms with Gasteiger partial charge in [-0.2, -0.15) is 10.4 Å². The predicted octanol–water partition coefficient (Wildman–Crippen LogP) is 1.48. The summed E-state index contributed by atoms with van der Waals surface area (Å²) in [5.74, 6) is 1.11. The average molecular weight is 230 g/mol. The number of rotatable bonds is 4. The average Bonchev–Trinajstić information content (AvgIpc) is 2.90. The highest BCUT2D eigenvalue weighted by Crippen LogP contribution is 2.08. The van der Waals surface area contributed by atoms with E-state index in [1.165, 1.54) is 5.56 Å². The van der Waals surface area contributed by atoms with Gasteiger partial charge in [0.05, 0.1) is 12.7 Å². The van der Waals surface area contributed by atoms with E-state index >= 15 is 0 Å². The second-order valence-electron chi connectivity index (χ2n) is 3.86. The minimum Gasteiger partial charge on any atom is -0.449 e. The van der Waals surface area contributed by atoms with Crippen molar-refractivity contribution in [3.8, 4) is 6.07 Å². The van der Waals surface area contributed by atoms with E-state index in [0.717, 1.165) is 18.0 Å². The van der Waals surface area contributed by atoms with Gasteiger partial charge in [-0.15, -0.1) is 0 Å². The zero-order valence-corrected chi connectivity index (χ0v) is 9.90. The Morgan fingerprint density at radius 3 is 2.88 bits per heavy atom. The Kier molecular flexibility index (Phi) is 3.26. The van der Waals surface area contributed by atoms with E-state index in [1.807, 2.05) is 37.0 Å². The number of aryl methyl sites for hydroxylation is 1. The van der Waals surface area contributed by atoms with Gasteiger partial charge in [-0.1, -0.05) is 0 Å². The molecule has 0 saturated carbocycles. The summed E-state index contributed by atoms with van der Waals surface area (Å²) >= 11 is 0. The van der Waals surface area contributed by atoms with Crippen molar-refractivity contribution in [1.29, 1.82) is 5.26 Å². The summed E-state index contributed by atoms with van der Waals surface area (Å²) in [5, 5.41) is 16.0. The molecule has 0 aromatic carbocycles. The molecular formula is C12H14N4O. The van der Waals surface area contributed by atoms with Crippen LogP contribution in [0.2, 0.25) is 0 Å². The van der Waals surface area contributed by atoms with Crippen LogP contribution in [0.25, 0.3) is 0 Å². The highest BCUT2D eigenvalue weighted by atomic mass is 16.3. The van der Waals surface area contributed by atoms with E-state index in [4.69, 9.17) is 9.68 Å². The Hall–Kier alpha value is -2.06. The van der Waals surface area contributed by atoms with Crippen molar-refractivity contribution < 1.29 is 4.42 Å². The minimum atomic E-state index is 0.347. The van der Waals surface area contributed by atoms with Crippen LogP contribution in [0.3, 0.4) is 0 Å². The number of aromatic nitrogens is 2. The van der Waals surface area contributed by atoms with Crippen molar-refractivity contribution >= 4 is 0 Å². The van der Waals surface area contributed by atoms with Gasteiger partial charge < -0.3 is 9.73 Å². The van der Waals surface area contributed by atoms with Gasteiger partial charge in [0.2, 0.25) is 5.76 Å². The third-order valence-corrected chi connectivity index (χ3v) is 2.72. The molecular weight excluding hydrogens is 216 g/mol. The molecule has 2 aromatic rings. The van der Waals surface area contributed by atoms with Crippen LogP contribution in [-0.2, 0) is 20.1 Å². The molecule has 5 heteroatoms. The summed E-state index contributed by atoms with van der Waals surface area (Å²) in [7, 11) is 1.92. The fraction of sp³-hybridized carbons (Fsp3) is 0.333. The first-order valence-electron chi connectivity index (χ1n) is 5.37. The summed E-state index contributed by atoms with van der Waals surface area (Å²) in [4.78, 5) is 0. The molecule has 0 atom stereocenters. The maximum absolute atomic E-state index is 8.62. The smallest absolute Gasteiger partial charge is 0.203 e. The maximum atomic E-state index is 8.62. The van der Waals surface area contributed by atoms with Crippen LogP contribution in [0.1, 0.15) is 22.8 Å². The van der Waals surface area contributed by atoms with Gasteiger partial charge in [0.1, 0.15) is 11.8 Å². The normalized spacial score (nSPS) is 10.4. The third kappa shape index (κ3) is 2.55. The van der Waals surface area contributed by atoms with Crippen LogP contribution in [0, 0.1) is 18.3 Å². The zero-order valence-electron chi connectivity index (χ0n) is 9.90. The van der Waals surface area contributed by atoms with Crippen molar-refractivity contribution in [2.24, 2.45) is 7.05 Å². The van der Waals surface area contributed by atoms with Gasteiger partial charge in [0, 0.05) is 24.8 Å². The Balaban J connectivity index is 1.88. The molecule has 2 heterocycles. The molecule has 0 amide bonds. The first-order chi connectivity index (χ1) is 8.20. The van der Waals surface area contributed by atoms with E-state index < -0.39 is 0 Å². The van der Waals surface area contributed by atoms with Crippen molar-refractivity contribution in [2.75, 3.05) is 0 Å². The van der Waals surface area contributed by atoms with E-state index in [0.29, 0.717) is 12.3 Å². The molecule has 0 spiro atoms. The van der Waals surface area contributed by atoms with Gasteiger partial charge >= 0.3 is 0 Å². The molecule has 17 heavy (non-hydrogen) atoms. The highest BCUT2D eigenvalue weighted by molar-refractivity contribution is 5.19. The SMILES string of the molecule is Cc1c(CNCc2ccc(C#N)o2)cnn1C.